The van der Waals surface area contributed by atoms with Crippen molar-refractivity contribution in [1.82, 2.24) is 0 Å². The van der Waals surface area contributed by atoms with Gasteiger partial charge in [0.25, 0.3) is 0 Å². The summed E-state index contributed by atoms with van der Waals surface area (Å²) in [5.41, 5.74) is 6.14. The number of rotatable bonds is 7. The van der Waals surface area contributed by atoms with Crippen LogP contribution in [-0.4, -0.2) is 5.78 Å². The van der Waals surface area contributed by atoms with E-state index < -0.39 is 13.4 Å². The molecule has 1 atom stereocenters. The molecule has 2 rings (SSSR count). The Morgan fingerprint density at radius 1 is 0.913 bits per heavy atom. The largest absolute Gasteiger partial charge is 0.447 e. The molecule has 0 amide bonds. The molecule has 0 radical (unpaired) electrons. The molecule has 2 aromatic rings. The summed E-state index contributed by atoms with van der Waals surface area (Å²) in [5, 5.41) is 0. The van der Waals surface area contributed by atoms with Crippen LogP contribution in [0.15, 0.2) is 60.7 Å². The van der Waals surface area contributed by atoms with Gasteiger partial charge >= 0.3 is 7.60 Å². The molecule has 0 bridgehead atoms. The number of hydrogen-bond acceptors (Lipinski definition) is 4. The van der Waals surface area contributed by atoms with Gasteiger partial charge in [-0.1, -0.05) is 50.2 Å². The van der Waals surface area contributed by atoms with Crippen LogP contribution in [0.2, 0.25) is 0 Å². The Kier molecular flexibility index (Phi) is 7.63. The van der Waals surface area contributed by atoms with E-state index in [1.807, 2.05) is 50.2 Å². The van der Waals surface area contributed by atoms with Crippen molar-refractivity contribution in [3.05, 3.63) is 60.7 Å². The maximum Gasteiger partial charge on any atom is 0.447 e. The normalized spacial score (nSPS) is 12.3. The van der Waals surface area contributed by atoms with E-state index in [2.05, 4.69) is 0 Å². The van der Waals surface area contributed by atoms with Crippen LogP contribution in [0.25, 0.3) is 0 Å². The summed E-state index contributed by atoms with van der Waals surface area (Å²) in [7, 11) is -3.53. The Bertz CT molecular complexity index is 577. The van der Waals surface area contributed by atoms with Gasteiger partial charge in [0, 0.05) is 0 Å². The van der Waals surface area contributed by atoms with E-state index in [1.54, 1.807) is 24.3 Å². The summed E-state index contributed by atoms with van der Waals surface area (Å²) in [4.78, 5) is 0. The van der Waals surface area contributed by atoms with Crippen LogP contribution in [-0.2, 0) is 4.57 Å². The first-order chi connectivity index (χ1) is 10.5. The maximum atomic E-state index is 13.2. The molecule has 2 N–H and O–H groups in total. The predicted molar refractivity (Wildman–Crippen MR) is 96.4 cm³/mol. The zero-order chi connectivity index (χ0) is 16.0. The van der Waals surface area contributed by atoms with Gasteiger partial charge in [-0.05, 0) is 36.6 Å². The van der Waals surface area contributed by atoms with Crippen molar-refractivity contribution in [1.29, 1.82) is 0 Å². The zero-order valence-electron chi connectivity index (χ0n) is 13.3. The molecule has 0 aliphatic heterocycles. The Morgan fingerprint density at radius 3 is 1.65 bits per heavy atom. The number of hydrogen-bond donors (Lipinski definition) is 1. The van der Waals surface area contributed by atoms with Crippen molar-refractivity contribution in [2.45, 2.75) is 26.1 Å². The Labute approximate surface area is 143 Å². The molecule has 0 aliphatic rings. The molecule has 0 spiro atoms. The minimum Gasteiger partial charge on any atom is -0.415 e. The van der Waals surface area contributed by atoms with Crippen LogP contribution < -0.4 is 14.8 Å². The van der Waals surface area contributed by atoms with Gasteiger partial charge in [-0.25, -0.2) is 4.57 Å². The summed E-state index contributed by atoms with van der Waals surface area (Å²) >= 11 is 0. The van der Waals surface area contributed by atoms with E-state index in [-0.39, 0.29) is 12.4 Å². The van der Waals surface area contributed by atoms with Gasteiger partial charge in [0.05, 0.1) is 0 Å². The molecule has 1 unspecified atom stereocenters. The van der Waals surface area contributed by atoms with E-state index in [9.17, 15) is 4.57 Å². The maximum absolute atomic E-state index is 13.2. The van der Waals surface area contributed by atoms with E-state index in [0.29, 0.717) is 23.8 Å². The SMILES string of the molecule is CC(C)CC(N)P(=O)(Oc1ccccc1)Oc1ccccc1.Cl. The van der Waals surface area contributed by atoms with Gasteiger partial charge in [-0.2, -0.15) is 0 Å². The van der Waals surface area contributed by atoms with Gasteiger partial charge in [-0.3, -0.25) is 0 Å². The molecule has 0 aromatic heterocycles. The van der Waals surface area contributed by atoms with Crippen LogP contribution in [0.1, 0.15) is 20.3 Å². The minimum atomic E-state index is -3.53. The van der Waals surface area contributed by atoms with Crippen LogP contribution in [0, 0.1) is 5.92 Å². The first-order valence-electron chi connectivity index (χ1n) is 7.34. The summed E-state index contributed by atoms with van der Waals surface area (Å²) in [6.45, 7) is 4.05. The fourth-order valence-electron chi connectivity index (χ4n) is 2.02. The highest BCUT2D eigenvalue weighted by Crippen LogP contribution is 2.52. The van der Waals surface area contributed by atoms with Crippen molar-refractivity contribution < 1.29 is 13.6 Å². The quantitative estimate of drug-likeness (QED) is 0.703. The topological polar surface area (TPSA) is 61.6 Å². The highest BCUT2D eigenvalue weighted by Gasteiger charge is 2.37. The van der Waals surface area contributed by atoms with Crippen LogP contribution in [0.4, 0.5) is 0 Å². The third-order valence-corrected chi connectivity index (χ3v) is 5.02. The average Bonchev–Trinajstić information content (AvgIpc) is 2.48. The molecule has 4 nitrogen and oxygen atoms in total. The lowest BCUT2D eigenvalue weighted by atomic mass is 10.1. The molecule has 6 heteroatoms. The molecule has 0 aliphatic carbocycles. The molecular formula is C17H23ClNO3P. The molecular weight excluding hydrogens is 333 g/mol. The molecule has 2 aromatic carbocycles. The summed E-state index contributed by atoms with van der Waals surface area (Å²) in [6, 6.07) is 17.9. The fourth-order valence-corrected chi connectivity index (χ4v) is 3.84. The van der Waals surface area contributed by atoms with Gasteiger partial charge in [0.2, 0.25) is 0 Å². The third-order valence-electron chi connectivity index (χ3n) is 3.07. The molecule has 23 heavy (non-hydrogen) atoms. The lowest BCUT2D eigenvalue weighted by Crippen LogP contribution is -2.27. The minimum absolute atomic E-state index is 0. The van der Waals surface area contributed by atoms with Gasteiger partial charge in [0.15, 0.2) is 0 Å². The zero-order valence-corrected chi connectivity index (χ0v) is 15.0. The van der Waals surface area contributed by atoms with Crippen molar-refractivity contribution in [2.75, 3.05) is 0 Å². The van der Waals surface area contributed by atoms with Crippen LogP contribution in [0.5, 0.6) is 11.5 Å². The van der Waals surface area contributed by atoms with Gasteiger partial charge in [0.1, 0.15) is 17.3 Å². The second-order valence-corrected chi connectivity index (χ2v) is 7.65. The van der Waals surface area contributed by atoms with Crippen molar-refractivity contribution in [3.63, 3.8) is 0 Å². The third kappa shape index (κ3) is 5.91. The molecule has 0 saturated heterocycles. The number of nitrogens with two attached hydrogens (primary N) is 1. The van der Waals surface area contributed by atoms with Crippen molar-refractivity contribution in [3.8, 4) is 11.5 Å². The van der Waals surface area contributed by atoms with E-state index in [4.69, 9.17) is 14.8 Å². The molecule has 126 valence electrons. The second kappa shape index (κ2) is 8.97. The molecule has 0 saturated carbocycles. The summed E-state index contributed by atoms with van der Waals surface area (Å²) < 4.78 is 24.6. The Hall–Kier alpha value is -1.48. The summed E-state index contributed by atoms with van der Waals surface area (Å²) in [5.74, 6) is 0.580. The van der Waals surface area contributed by atoms with Crippen molar-refractivity contribution in [2.24, 2.45) is 11.7 Å². The van der Waals surface area contributed by atoms with E-state index in [0.717, 1.165) is 0 Å². The lowest BCUT2D eigenvalue weighted by Gasteiger charge is -2.26. The lowest BCUT2D eigenvalue weighted by molar-refractivity contribution is 0.361. The molecule has 0 fully saturated rings. The van der Waals surface area contributed by atoms with Crippen LogP contribution in [0.3, 0.4) is 0 Å². The Balaban J connectivity index is 0.00000264. The van der Waals surface area contributed by atoms with Gasteiger partial charge < -0.3 is 14.8 Å². The fraction of sp³-hybridized carbons (Fsp3) is 0.294. The monoisotopic (exact) mass is 355 g/mol. The number of halogens is 1. The van der Waals surface area contributed by atoms with Gasteiger partial charge in [-0.15, -0.1) is 12.4 Å². The first-order valence-corrected chi connectivity index (χ1v) is 8.95. The average molecular weight is 356 g/mol. The van der Waals surface area contributed by atoms with Crippen molar-refractivity contribution >= 4 is 20.0 Å². The summed E-state index contributed by atoms with van der Waals surface area (Å²) in [6.07, 6.45) is 0.553. The Morgan fingerprint density at radius 2 is 1.30 bits per heavy atom. The highest BCUT2D eigenvalue weighted by molar-refractivity contribution is 7.55. The predicted octanol–water partition coefficient (Wildman–Crippen LogP) is 5.09. The highest BCUT2D eigenvalue weighted by atomic mass is 35.5. The smallest absolute Gasteiger partial charge is 0.415 e. The number of para-hydroxylation sites is 2. The molecule has 0 heterocycles. The van der Waals surface area contributed by atoms with Crippen LogP contribution >= 0.6 is 20.0 Å². The van der Waals surface area contributed by atoms with E-state index >= 15 is 0 Å². The second-order valence-electron chi connectivity index (χ2n) is 5.55. The standard InChI is InChI=1S/C17H22NO3P.ClH/c1-14(2)13-17(18)22(19,20-15-9-5-3-6-10-15)21-16-11-7-4-8-12-16;/h3-12,14,17H,13,18H2,1-2H3;1H. The first kappa shape index (κ1) is 19.6. The van der Waals surface area contributed by atoms with E-state index in [1.165, 1.54) is 0 Å². The number of benzene rings is 2.